The molecule has 0 fully saturated rings. The Morgan fingerprint density at radius 3 is 2.26 bits per heavy atom. The van der Waals surface area contributed by atoms with Gasteiger partial charge in [0.05, 0.1) is 25.0 Å². The van der Waals surface area contributed by atoms with Gasteiger partial charge in [0.25, 0.3) is 0 Å². The highest BCUT2D eigenvalue weighted by molar-refractivity contribution is 5.79. The lowest BCUT2D eigenvalue weighted by Crippen LogP contribution is -2.34. The van der Waals surface area contributed by atoms with E-state index in [0.717, 1.165) is 18.4 Å². The van der Waals surface area contributed by atoms with Crippen molar-refractivity contribution in [3.63, 3.8) is 0 Å². The molecule has 27 heavy (non-hydrogen) atoms. The first kappa shape index (κ1) is 23.2. The van der Waals surface area contributed by atoms with Crippen LogP contribution < -0.4 is 0 Å². The van der Waals surface area contributed by atoms with Crippen molar-refractivity contribution in [2.75, 3.05) is 0 Å². The molecule has 0 saturated heterocycles. The average molecular weight is 379 g/mol. The van der Waals surface area contributed by atoms with Gasteiger partial charge in [-0.05, 0) is 39.7 Å². The molecule has 5 nitrogen and oxygen atoms in total. The lowest BCUT2D eigenvalue weighted by Gasteiger charge is -2.26. The van der Waals surface area contributed by atoms with Crippen molar-refractivity contribution in [2.45, 2.75) is 85.2 Å². The zero-order valence-corrected chi connectivity index (χ0v) is 17.5. The molecule has 0 bridgehead atoms. The summed E-state index contributed by atoms with van der Waals surface area (Å²) >= 11 is 0. The Balaban J connectivity index is 2.54. The topological polar surface area (TPSA) is 61.8 Å². The summed E-state index contributed by atoms with van der Waals surface area (Å²) in [6, 6.07) is 9.90. The van der Waals surface area contributed by atoms with Gasteiger partial charge >= 0.3 is 11.9 Å². The molecule has 5 heteroatoms. The van der Waals surface area contributed by atoms with Crippen LogP contribution in [0.15, 0.2) is 30.3 Å². The Kier molecular flexibility index (Phi) is 9.50. The van der Waals surface area contributed by atoms with Crippen LogP contribution in [0.3, 0.4) is 0 Å². The number of rotatable bonds is 10. The Hall–Kier alpha value is -1.88. The van der Waals surface area contributed by atoms with E-state index in [4.69, 9.17) is 14.2 Å². The standard InChI is InChI=1S/C22H34O5/c1-7-11-19(25-15-18-12-9-8-10-13-18)17(3)26-21(24)16(2)14-20(23)27-22(4,5)6/h8-10,12-13,16-17,19H,7,11,14-15H2,1-6H3/t16-,17+,19-/m1/s1. The minimum atomic E-state index is -0.564. The van der Waals surface area contributed by atoms with E-state index in [0.29, 0.717) is 6.61 Å². The van der Waals surface area contributed by atoms with Crippen molar-refractivity contribution in [1.29, 1.82) is 0 Å². The highest BCUT2D eigenvalue weighted by Crippen LogP contribution is 2.17. The van der Waals surface area contributed by atoms with Gasteiger partial charge < -0.3 is 14.2 Å². The SMILES string of the molecule is CCC[C@@H](OCc1ccccc1)[C@H](C)OC(=O)[C@H](C)CC(=O)OC(C)(C)C. The molecule has 0 unspecified atom stereocenters. The first-order chi connectivity index (χ1) is 12.6. The number of ether oxygens (including phenoxy) is 3. The number of carbonyl (C=O) groups is 2. The summed E-state index contributed by atoms with van der Waals surface area (Å²) in [5.74, 6) is -1.36. The van der Waals surface area contributed by atoms with Crippen molar-refractivity contribution in [1.82, 2.24) is 0 Å². The van der Waals surface area contributed by atoms with Gasteiger partial charge in [0, 0.05) is 0 Å². The summed E-state index contributed by atoms with van der Waals surface area (Å²) < 4.78 is 16.8. The predicted molar refractivity (Wildman–Crippen MR) is 105 cm³/mol. The maximum Gasteiger partial charge on any atom is 0.309 e. The molecule has 0 amide bonds. The van der Waals surface area contributed by atoms with Gasteiger partial charge in [-0.15, -0.1) is 0 Å². The minimum absolute atomic E-state index is 0.00609. The number of benzene rings is 1. The van der Waals surface area contributed by atoms with Gasteiger partial charge in [0.1, 0.15) is 11.7 Å². The fourth-order valence-corrected chi connectivity index (χ4v) is 2.61. The van der Waals surface area contributed by atoms with E-state index in [9.17, 15) is 9.59 Å². The summed E-state index contributed by atoms with van der Waals surface area (Å²) in [6.45, 7) is 11.5. The molecule has 0 aliphatic carbocycles. The fraction of sp³-hybridized carbons (Fsp3) is 0.636. The molecule has 0 heterocycles. The molecule has 0 aromatic heterocycles. The van der Waals surface area contributed by atoms with Crippen LogP contribution in [0.4, 0.5) is 0 Å². The van der Waals surface area contributed by atoms with Crippen LogP contribution in [0.25, 0.3) is 0 Å². The van der Waals surface area contributed by atoms with Crippen LogP contribution in [-0.2, 0) is 30.4 Å². The summed E-state index contributed by atoms with van der Waals surface area (Å²) in [5.41, 5.74) is 0.515. The smallest absolute Gasteiger partial charge is 0.309 e. The molecule has 152 valence electrons. The zero-order valence-electron chi connectivity index (χ0n) is 17.5. The Bertz CT molecular complexity index is 576. The summed E-state index contributed by atoms with van der Waals surface area (Å²) in [7, 11) is 0. The third-order valence-electron chi connectivity index (χ3n) is 4.00. The first-order valence-electron chi connectivity index (χ1n) is 9.70. The largest absolute Gasteiger partial charge is 0.460 e. The maximum absolute atomic E-state index is 12.4. The third kappa shape index (κ3) is 9.57. The first-order valence-corrected chi connectivity index (χ1v) is 9.70. The van der Waals surface area contributed by atoms with Crippen molar-refractivity contribution in [3.05, 3.63) is 35.9 Å². The van der Waals surface area contributed by atoms with Crippen LogP contribution >= 0.6 is 0 Å². The Morgan fingerprint density at radius 2 is 1.70 bits per heavy atom. The molecule has 0 aliphatic heterocycles. The highest BCUT2D eigenvalue weighted by atomic mass is 16.6. The number of esters is 2. The fourth-order valence-electron chi connectivity index (χ4n) is 2.61. The van der Waals surface area contributed by atoms with Crippen LogP contribution in [0.5, 0.6) is 0 Å². The van der Waals surface area contributed by atoms with Crippen LogP contribution in [-0.4, -0.2) is 29.7 Å². The van der Waals surface area contributed by atoms with Crippen LogP contribution in [0.2, 0.25) is 0 Å². The van der Waals surface area contributed by atoms with E-state index in [1.165, 1.54) is 0 Å². The number of carbonyl (C=O) groups excluding carboxylic acids is 2. The van der Waals surface area contributed by atoms with Crippen LogP contribution in [0.1, 0.15) is 66.4 Å². The van der Waals surface area contributed by atoms with Gasteiger partial charge in [0.15, 0.2) is 0 Å². The second-order valence-electron chi connectivity index (χ2n) is 7.96. The third-order valence-corrected chi connectivity index (χ3v) is 4.00. The zero-order chi connectivity index (χ0) is 20.4. The van der Waals surface area contributed by atoms with Crippen molar-refractivity contribution < 1.29 is 23.8 Å². The molecule has 0 aliphatic rings. The quantitative estimate of drug-likeness (QED) is 0.554. The summed E-state index contributed by atoms with van der Waals surface area (Å²) in [5, 5.41) is 0. The second kappa shape index (κ2) is 11.1. The molecular formula is C22H34O5. The van der Waals surface area contributed by atoms with E-state index < -0.39 is 23.5 Å². The van der Waals surface area contributed by atoms with Gasteiger partial charge in [-0.25, -0.2) is 0 Å². The lowest BCUT2D eigenvalue weighted by atomic mass is 10.1. The molecule has 1 aromatic carbocycles. The van der Waals surface area contributed by atoms with E-state index in [2.05, 4.69) is 6.92 Å². The molecule has 0 spiro atoms. The van der Waals surface area contributed by atoms with Gasteiger partial charge in [0.2, 0.25) is 0 Å². The molecule has 0 N–H and O–H groups in total. The number of hydrogen-bond donors (Lipinski definition) is 0. The molecule has 1 rings (SSSR count). The molecule has 1 aromatic rings. The van der Waals surface area contributed by atoms with Gasteiger partial charge in [-0.2, -0.15) is 0 Å². The lowest BCUT2D eigenvalue weighted by molar-refractivity contribution is -0.167. The highest BCUT2D eigenvalue weighted by Gasteiger charge is 2.27. The molecule has 3 atom stereocenters. The second-order valence-corrected chi connectivity index (χ2v) is 7.96. The summed E-state index contributed by atoms with van der Waals surface area (Å²) in [4.78, 5) is 24.3. The number of hydrogen-bond acceptors (Lipinski definition) is 5. The van der Waals surface area contributed by atoms with Crippen molar-refractivity contribution >= 4 is 11.9 Å². The monoisotopic (exact) mass is 378 g/mol. The Labute approximate surface area is 163 Å². The summed E-state index contributed by atoms with van der Waals surface area (Å²) in [6.07, 6.45) is 1.15. The van der Waals surface area contributed by atoms with E-state index in [1.54, 1.807) is 27.7 Å². The minimum Gasteiger partial charge on any atom is -0.460 e. The molecule has 0 radical (unpaired) electrons. The van der Waals surface area contributed by atoms with Crippen molar-refractivity contribution in [3.8, 4) is 0 Å². The average Bonchev–Trinajstić information content (AvgIpc) is 2.57. The van der Waals surface area contributed by atoms with Gasteiger partial charge in [-0.1, -0.05) is 50.6 Å². The molecule has 0 saturated carbocycles. The van der Waals surface area contributed by atoms with Crippen molar-refractivity contribution in [2.24, 2.45) is 5.92 Å². The predicted octanol–water partition coefficient (Wildman–Crippen LogP) is 4.67. The normalized spacial score (nSPS) is 14.9. The molecular weight excluding hydrogens is 344 g/mol. The van der Waals surface area contributed by atoms with Gasteiger partial charge in [-0.3, -0.25) is 9.59 Å². The Morgan fingerprint density at radius 1 is 1.07 bits per heavy atom. The van der Waals surface area contributed by atoms with Crippen LogP contribution in [0, 0.1) is 5.92 Å². The van der Waals surface area contributed by atoms with E-state index in [-0.39, 0.29) is 18.6 Å². The van der Waals surface area contributed by atoms with E-state index in [1.807, 2.05) is 37.3 Å². The maximum atomic E-state index is 12.4. The van der Waals surface area contributed by atoms with E-state index >= 15 is 0 Å².